The molecule has 1 aliphatic rings. The van der Waals surface area contributed by atoms with Crippen molar-refractivity contribution in [2.24, 2.45) is 5.73 Å². The second-order valence-corrected chi connectivity index (χ2v) is 5.58. The second-order valence-electron chi connectivity index (χ2n) is 4.73. The molecular weight excluding hydrogens is 308 g/mol. The fourth-order valence-corrected chi connectivity index (χ4v) is 2.78. The van der Waals surface area contributed by atoms with Gasteiger partial charge in [-0.1, -0.05) is 28.1 Å². The molecule has 0 heterocycles. The molecule has 0 amide bonds. The standard InChI is InChI=1S/C12H12BrF2NO2/c1-11(14,15)7-3-2-6(4-9(7)13)8-5-12(8,16)10(17)18/h2-4,8H,5,16H2,1H3,(H,17,18). The van der Waals surface area contributed by atoms with Gasteiger partial charge in [-0.15, -0.1) is 0 Å². The summed E-state index contributed by atoms with van der Waals surface area (Å²) in [6.45, 7) is 0.814. The summed E-state index contributed by atoms with van der Waals surface area (Å²) in [5.41, 5.74) is 4.97. The molecule has 1 aromatic carbocycles. The van der Waals surface area contributed by atoms with Gasteiger partial charge in [0.15, 0.2) is 0 Å². The Morgan fingerprint density at radius 3 is 2.61 bits per heavy atom. The predicted molar refractivity (Wildman–Crippen MR) is 65.6 cm³/mol. The number of carboxylic acid groups (broad SMARTS) is 1. The molecule has 0 radical (unpaired) electrons. The van der Waals surface area contributed by atoms with Crippen molar-refractivity contribution in [2.75, 3.05) is 0 Å². The normalized spacial score (nSPS) is 27.1. The van der Waals surface area contributed by atoms with Crippen LogP contribution in [0.4, 0.5) is 8.78 Å². The number of hydrogen-bond acceptors (Lipinski definition) is 2. The highest BCUT2D eigenvalue weighted by Crippen LogP contribution is 2.50. The number of aliphatic carboxylic acids is 1. The van der Waals surface area contributed by atoms with Gasteiger partial charge in [-0.3, -0.25) is 4.79 Å². The van der Waals surface area contributed by atoms with Crippen LogP contribution in [0.15, 0.2) is 22.7 Å². The smallest absolute Gasteiger partial charge is 0.324 e. The molecule has 3 N–H and O–H groups in total. The summed E-state index contributed by atoms with van der Waals surface area (Å²) in [5.74, 6) is -4.31. The van der Waals surface area contributed by atoms with Gasteiger partial charge in [-0.25, -0.2) is 8.78 Å². The first kappa shape index (κ1) is 13.4. The molecule has 98 valence electrons. The van der Waals surface area contributed by atoms with Crippen LogP contribution in [0.1, 0.15) is 30.4 Å². The number of halogens is 3. The Labute approximate surface area is 111 Å². The highest BCUT2D eigenvalue weighted by molar-refractivity contribution is 9.10. The van der Waals surface area contributed by atoms with E-state index in [4.69, 9.17) is 10.8 Å². The van der Waals surface area contributed by atoms with Crippen molar-refractivity contribution in [3.8, 4) is 0 Å². The Morgan fingerprint density at radius 1 is 1.61 bits per heavy atom. The number of rotatable bonds is 3. The maximum atomic E-state index is 13.2. The molecule has 2 atom stereocenters. The molecule has 0 aliphatic heterocycles. The highest BCUT2D eigenvalue weighted by atomic mass is 79.9. The highest BCUT2D eigenvalue weighted by Gasteiger charge is 2.58. The van der Waals surface area contributed by atoms with E-state index < -0.39 is 17.4 Å². The van der Waals surface area contributed by atoms with Crippen LogP contribution in [0.3, 0.4) is 0 Å². The number of hydrogen-bond donors (Lipinski definition) is 2. The Bertz CT molecular complexity index is 515. The number of alkyl halides is 2. The summed E-state index contributed by atoms with van der Waals surface area (Å²) in [4.78, 5) is 10.9. The van der Waals surface area contributed by atoms with Crippen LogP contribution >= 0.6 is 15.9 Å². The van der Waals surface area contributed by atoms with Crippen molar-refractivity contribution in [1.29, 1.82) is 0 Å². The average molecular weight is 320 g/mol. The quantitative estimate of drug-likeness (QED) is 0.900. The van der Waals surface area contributed by atoms with Gasteiger partial charge in [-0.2, -0.15) is 0 Å². The van der Waals surface area contributed by atoms with E-state index >= 15 is 0 Å². The first-order valence-electron chi connectivity index (χ1n) is 5.36. The predicted octanol–water partition coefficient (Wildman–Crippen LogP) is 2.83. The molecule has 0 saturated heterocycles. The molecule has 0 spiro atoms. The minimum absolute atomic E-state index is 0.121. The molecule has 0 aromatic heterocycles. The van der Waals surface area contributed by atoms with Gasteiger partial charge in [0, 0.05) is 22.9 Å². The lowest BCUT2D eigenvalue weighted by Gasteiger charge is -2.14. The van der Waals surface area contributed by atoms with E-state index in [-0.39, 0.29) is 16.0 Å². The lowest BCUT2D eigenvalue weighted by Crippen LogP contribution is -2.34. The van der Waals surface area contributed by atoms with Gasteiger partial charge in [0.1, 0.15) is 5.54 Å². The number of nitrogens with two attached hydrogens (primary N) is 1. The fraction of sp³-hybridized carbons (Fsp3) is 0.417. The van der Waals surface area contributed by atoms with Gasteiger partial charge < -0.3 is 10.8 Å². The van der Waals surface area contributed by atoms with Crippen LogP contribution in [0.25, 0.3) is 0 Å². The zero-order valence-corrected chi connectivity index (χ0v) is 11.2. The van der Waals surface area contributed by atoms with Crippen LogP contribution < -0.4 is 5.73 Å². The van der Waals surface area contributed by atoms with Crippen LogP contribution in [-0.2, 0) is 10.7 Å². The maximum Gasteiger partial charge on any atom is 0.324 e. The zero-order chi connectivity index (χ0) is 13.7. The minimum atomic E-state index is -2.94. The van der Waals surface area contributed by atoms with Gasteiger partial charge in [0.25, 0.3) is 5.92 Å². The van der Waals surface area contributed by atoms with Gasteiger partial charge in [0.05, 0.1) is 0 Å². The first-order valence-corrected chi connectivity index (χ1v) is 6.15. The van der Waals surface area contributed by atoms with Crippen molar-refractivity contribution < 1.29 is 18.7 Å². The first-order chi connectivity index (χ1) is 8.16. The van der Waals surface area contributed by atoms with Crippen LogP contribution in [0.5, 0.6) is 0 Å². The molecule has 1 aliphatic carbocycles. The number of benzene rings is 1. The fourth-order valence-electron chi connectivity index (χ4n) is 2.03. The average Bonchev–Trinajstić information content (AvgIpc) is 2.90. The summed E-state index contributed by atoms with van der Waals surface area (Å²) in [7, 11) is 0. The molecule has 3 nitrogen and oxygen atoms in total. The Morgan fingerprint density at radius 2 is 2.22 bits per heavy atom. The molecule has 2 unspecified atom stereocenters. The third-order valence-electron chi connectivity index (χ3n) is 3.27. The van der Waals surface area contributed by atoms with E-state index in [2.05, 4.69) is 15.9 Å². The topological polar surface area (TPSA) is 63.3 Å². The molecule has 0 bridgehead atoms. The van der Waals surface area contributed by atoms with Crippen LogP contribution in [0, 0.1) is 0 Å². The van der Waals surface area contributed by atoms with Crippen molar-refractivity contribution in [1.82, 2.24) is 0 Å². The maximum absolute atomic E-state index is 13.2. The van der Waals surface area contributed by atoms with E-state index in [0.717, 1.165) is 6.92 Å². The van der Waals surface area contributed by atoms with Crippen molar-refractivity contribution in [3.05, 3.63) is 33.8 Å². The monoisotopic (exact) mass is 319 g/mol. The van der Waals surface area contributed by atoms with Crippen molar-refractivity contribution in [3.63, 3.8) is 0 Å². The van der Waals surface area contributed by atoms with E-state index in [9.17, 15) is 13.6 Å². The van der Waals surface area contributed by atoms with E-state index in [1.807, 2.05) is 0 Å². The summed E-state index contributed by atoms with van der Waals surface area (Å²) < 4.78 is 26.7. The molecule has 1 aromatic rings. The number of carbonyl (C=O) groups is 1. The third-order valence-corrected chi connectivity index (χ3v) is 3.93. The molecular formula is C12H12BrF2NO2. The van der Waals surface area contributed by atoms with E-state index in [1.165, 1.54) is 18.2 Å². The lowest BCUT2D eigenvalue weighted by atomic mass is 10.0. The Hall–Kier alpha value is -1.01. The van der Waals surface area contributed by atoms with Crippen LogP contribution in [-0.4, -0.2) is 16.6 Å². The Balaban J connectivity index is 2.30. The summed E-state index contributed by atoms with van der Waals surface area (Å²) >= 11 is 3.09. The Kier molecular flexibility index (Phi) is 2.98. The molecule has 2 rings (SSSR count). The zero-order valence-electron chi connectivity index (χ0n) is 9.58. The van der Waals surface area contributed by atoms with E-state index in [1.54, 1.807) is 0 Å². The largest absolute Gasteiger partial charge is 0.480 e. The van der Waals surface area contributed by atoms with Crippen LogP contribution in [0.2, 0.25) is 0 Å². The molecule has 1 fully saturated rings. The second kappa shape index (κ2) is 3.99. The summed E-state index contributed by atoms with van der Waals surface area (Å²) in [6.07, 6.45) is 0.330. The summed E-state index contributed by atoms with van der Waals surface area (Å²) in [5, 5.41) is 8.94. The minimum Gasteiger partial charge on any atom is -0.480 e. The lowest BCUT2D eigenvalue weighted by molar-refractivity contribution is -0.139. The van der Waals surface area contributed by atoms with Gasteiger partial charge in [0.2, 0.25) is 0 Å². The molecule has 1 saturated carbocycles. The molecule has 6 heteroatoms. The third kappa shape index (κ3) is 2.14. The SMILES string of the molecule is CC(F)(F)c1ccc(C2CC2(N)C(=O)O)cc1Br. The van der Waals surface area contributed by atoms with Crippen molar-refractivity contribution >= 4 is 21.9 Å². The van der Waals surface area contributed by atoms with Gasteiger partial charge >= 0.3 is 5.97 Å². The van der Waals surface area contributed by atoms with E-state index in [0.29, 0.717) is 12.0 Å². The summed E-state index contributed by atoms with van der Waals surface area (Å²) in [6, 6.07) is 4.34. The van der Waals surface area contributed by atoms with Gasteiger partial charge in [-0.05, 0) is 18.1 Å². The molecule has 18 heavy (non-hydrogen) atoms. The number of carboxylic acids is 1. The van der Waals surface area contributed by atoms with Crippen molar-refractivity contribution in [2.45, 2.75) is 30.7 Å².